The molecule has 7 heteroatoms. The third-order valence-electron chi connectivity index (χ3n) is 2.80. The Balaban J connectivity index is 4.82. The molecule has 0 saturated carbocycles. The Bertz CT molecular complexity index is 348. The average Bonchev–Trinajstić information content (AvgIpc) is 2.42. The Hall–Kier alpha value is -1.24. The number of rotatable bonds is 10. The predicted molar refractivity (Wildman–Crippen MR) is 82.1 cm³/mol. The smallest absolute Gasteiger partial charge is 0.328 e. The topological polar surface area (TPSA) is 72.9 Å². The largest absolute Gasteiger partial charge is 0.466 e. The minimum atomic E-state index is -0.649. The van der Waals surface area contributed by atoms with Crippen LogP contribution in [0.5, 0.6) is 0 Å². The average molecular weight is 319 g/mol. The first kappa shape index (κ1) is 19.8. The molecule has 0 heterocycles. The lowest BCUT2D eigenvalue weighted by Crippen LogP contribution is -2.46. The lowest BCUT2D eigenvalue weighted by molar-refractivity contribution is -0.155. The zero-order valence-electron chi connectivity index (χ0n) is 13.2. The van der Waals surface area contributed by atoms with E-state index in [0.717, 1.165) is 5.75 Å². The molecule has 0 aromatic heterocycles. The van der Waals surface area contributed by atoms with E-state index in [1.165, 1.54) is 11.8 Å². The summed E-state index contributed by atoms with van der Waals surface area (Å²) < 4.78 is 9.87. The maximum absolute atomic E-state index is 12.0. The van der Waals surface area contributed by atoms with E-state index in [-0.39, 0.29) is 31.4 Å². The molecule has 0 aromatic carbocycles. The van der Waals surface area contributed by atoms with Crippen LogP contribution >= 0.6 is 11.8 Å². The van der Waals surface area contributed by atoms with Gasteiger partial charge in [-0.3, -0.25) is 9.59 Å². The number of ether oxygens (including phenoxy) is 2. The molecule has 1 amide bonds. The number of hydrogen-bond acceptors (Lipinski definition) is 6. The second kappa shape index (κ2) is 11.4. The monoisotopic (exact) mass is 319 g/mol. The highest BCUT2D eigenvalue weighted by molar-refractivity contribution is 7.98. The van der Waals surface area contributed by atoms with Gasteiger partial charge in [-0.15, -0.1) is 0 Å². The number of carbonyl (C=O) groups is 3. The minimum absolute atomic E-state index is 0.0720. The summed E-state index contributed by atoms with van der Waals surface area (Å²) >= 11 is 1.59. The number of amides is 1. The van der Waals surface area contributed by atoms with Crippen LogP contribution in [0.1, 0.15) is 33.6 Å². The Morgan fingerprint density at radius 1 is 1.14 bits per heavy atom. The molecule has 6 nitrogen and oxygen atoms in total. The highest BCUT2D eigenvalue weighted by Crippen LogP contribution is 2.12. The first-order valence-corrected chi connectivity index (χ1v) is 8.45. The van der Waals surface area contributed by atoms with Crippen molar-refractivity contribution >= 4 is 29.6 Å². The van der Waals surface area contributed by atoms with Crippen molar-refractivity contribution in [2.24, 2.45) is 0 Å². The molecule has 0 rings (SSSR count). The first-order valence-electron chi connectivity index (χ1n) is 7.06. The zero-order valence-corrected chi connectivity index (χ0v) is 14.0. The Labute approximate surface area is 130 Å². The number of hydrogen-bond donors (Lipinski definition) is 0. The van der Waals surface area contributed by atoms with E-state index in [9.17, 15) is 14.4 Å². The van der Waals surface area contributed by atoms with Crippen molar-refractivity contribution in [1.82, 2.24) is 4.90 Å². The van der Waals surface area contributed by atoms with Crippen molar-refractivity contribution in [3.8, 4) is 0 Å². The molecule has 0 aliphatic carbocycles. The number of esters is 2. The normalized spacial score (nSPS) is 11.6. The highest BCUT2D eigenvalue weighted by atomic mass is 32.2. The molecule has 1 unspecified atom stereocenters. The second-order valence-electron chi connectivity index (χ2n) is 4.32. The molecule has 122 valence electrons. The van der Waals surface area contributed by atoms with Gasteiger partial charge in [0.25, 0.3) is 0 Å². The van der Waals surface area contributed by atoms with Crippen LogP contribution in [0, 0.1) is 0 Å². The molecule has 0 aromatic rings. The van der Waals surface area contributed by atoms with Crippen molar-refractivity contribution in [3.63, 3.8) is 0 Å². The fraction of sp³-hybridized carbons (Fsp3) is 0.786. The molecule has 21 heavy (non-hydrogen) atoms. The summed E-state index contributed by atoms with van der Waals surface area (Å²) in [6.07, 6.45) is 2.50. The first-order chi connectivity index (χ1) is 9.97. The van der Waals surface area contributed by atoms with Gasteiger partial charge in [0.15, 0.2) is 0 Å². The van der Waals surface area contributed by atoms with E-state index < -0.39 is 12.0 Å². The Morgan fingerprint density at radius 3 is 2.24 bits per heavy atom. The van der Waals surface area contributed by atoms with E-state index in [1.54, 1.807) is 25.6 Å². The summed E-state index contributed by atoms with van der Waals surface area (Å²) in [5.74, 6) is -0.326. The zero-order chi connectivity index (χ0) is 16.3. The highest BCUT2D eigenvalue weighted by Gasteiger charge is 2.29. The number of carbonyl (C=O) groups excluding carboxylic acids is 3. The standard InChI is InChI=1S/C14H25NO5S/c1-5-19-13(17)7-9-15(11(3)16)12(8-10-21-4)14(18)20-6-2/h12H,5-10H2,1-4H3. The summed E-state index contributed by atoms with van der Waals surface area (Å²) in [5.41, 5.74) is 0. The van der Waals surface area contributed by atoms with Crippen LogP contribution in [0.2, 0.25) is 0 Å². The summed E-state index contributed by atoms with van der Waals surface area (Å²) in [5, 5.41) is 0. The molecule has 0 spiro atoms. The van der Waals surface area contributed by atoms with Crippen molar-refractivity contribution in [2.75, 3.05) is 31.8 Å². The van der Waals surface area contributed by atoms with Gasteiger partial charge in [0.1, 0.15) is 6.04 Å². The Morgan fingerprint density at radius 2 is 1.76 bits per heavy atom. The van der Waals surface area contributed by atoms with Crippen molar-refractivity contribution < 1.29 is 23.9 Å². The molecule has 1 atom stereocenters. The summed E-state index contributed by atoms with van der Waals surface area (Å²) in [4.78, 5) is 36.6. The van der Waals surface area contributed by atoms with E-state index in [4.69, 9.17) is 9.47 Å². The van der Waals surface area contributed by atoms with E-state index >= 15 is 0 Å². The van der Waals surface area contributed by atoms with Gasteiger partial charge in [-0.1, -0.05) is 0 Å². The molecule has 0 aliphatic rings. The maximum atomic E-state index is 12.0. The van der Waals surface area contributed by atoms with Gasteiger partial charge in [-0.05, 0) is 32.3 Å². The van der Waals surface area contributed by atoms with Gasteiger partial charge < -0.3 is 14.4 Å². The minimum Gasteiger partial charge on any atom is -0.466 e. The lowest BCUT2D eigenvalue weighted by Gasteiger charge is -2.29. The summed E-state index contributed by atoms with van der Waals surface area (Å²) in [6.45, 7) is 5.55. The van der Waals surface area contributed by atoms with Gasteiger partial charge in [0.2, 0.25) is 5.91 Å². The Kier molecular flexibility index (Phi) is 10.7. The SMILES string of the molecule is CCOC(=O)CCN(C(C)=O)C(CCSC)C(=O)OCC. The van der Waals surface area contributed by atoms with Crippen molar-refractivity contribution in [3.05, 3.63) is 0 Å². The van der Waals surface area contributed by atoms with Crippen LogP contribution in [0.4, 0.5) is 0 Å². The van der Waals surface area contributed by atoms with Crippen LogP contribution < -0.4 is 0 Å². The number of thioether (sulfide) groups is 1. The molecule has 0 saturated heterocycles. The van der Waals surface area contributed by atoms with Gasteiger partial charge in [0.05, 0.1) is 19.6 Å². The lowest BCUT2D eigenvalue weighted by atomic mass is 10.1. The quantitative estimate of drug-likeness (QED) is 0.568. The van der Waals surface area contributed by atoms with E-state index in [0.29, 0.717) is 13.0 Å². The van der Waals surface area contributed by atoms with E-state index in [1.807, 2.05) is 6.26 Å². The summed E-state index contributed by atoms with van der Waals surface area (Å²) in [7, 11) is 0. The molecule has 0 radical (unpaired) electrons. The van der Waals surface area contributed by atoms with E-state index in [2.05, 4.69) is 0 Å². The van der Waals surface area contributed by atoms with Gasteiger partial charge in [0, 0.05) is 13.5 Å². The molecular formula is C14H25NO5S. The van der Waals surface area contributed by atoms with Crippen molar-refractivity contribution in [1.29, 1.82) is 0 Å². The van der Waals surface area contributed by atoms with Gasteiger partial charge in [-0.25, -0.2) is 4.79 Å². The molecule has 0 aliphatic heterocycles. The molecule has 0 fully saturated rings. The fourth-order valence-corrected chi connectivity index (χ4v) is 2.31. The molecule has 0 bridgehead atoms. The van der Waals surface area contributed by atoms with Gasteiger partial charge >= 0.3 is 11.9 Å². The predicted octanol–water partition coefficient (Wildman–Crippen LogP) is 1.47. The maximum Gasteiger partial charge on any atom is 0.328 e. The van der Waals surface area contributed by atoms with Crippen LogP contribution in [-0.2, 0) is 23.9 Å². The van der Waals surface area contributed by atoms with Crippen LogP contribution in [0.25, 0.3) is 0 Å². The number of nitrogens with zero attached hydrogens (tertiary/aromatic N) is 1. The fourth-order valence-electron chi connectivity index (χ4n) is 1.85. The van der Waals surface area contributed by atoms with Crippen LogP contribution in [0.3, 0.4) is 0 Å². The van der Waals surface area contributed by atoms with Crippen LogP contribution in [-0.4, -0.2) is 60.6 Å². The third kappa shape index (κ3) is 7.94. The molecular weight excluding hydrogens is 294 g/mol. The second-order valence-corrected chi connectivity index (χ2v) is 5.30. The van der Waals surface area contributed by atoms with Crippen molar-refractivity contribution in [2.45, 2.75) is 39.7 Å². The van der Waals surface area contributed by atoms with Gasteiger partial charge in [-0.2, -0.15) is 11.8 Å². The van der Waals surface area contributed by atoms with Crippen LogP contribution in [0.15, 0.2) is 0 Å². The molecule has 0 N–H and O–H groups in total. The third-order valence-corrected chi connectivity index (χ3v) is 3.44. The summed E-state index contributed by atoms with van der Waals surface area (Å²) in [6, 6.07) is -0.649.